The van der Waals surface area contributed by atoms with Gasteiger partial charge in [0, 0.05) is 15.4 Å². The van der Waals surface area contributed by atoms with Gasteiger partial charge in [-0.15, -0.1) is 0 Å². The van der Waals surface area contributed by atoms with Gasteiger partial charge in [0.1, 0.15) is 5.58 Å². The second-order valence-electron chi connectivity index (χ2n) is 7.37. The molecule has 0 unspecified atom stereocenters. The van der Waals surface area contributed by atoms with Gasteiger partial charge in [-0.25, -0.2) is 0 Å². The van der Waals surface area contributed by atoms with E-state index in [1.165, 1.54) is 0 Å². The molecule has 0 saturated carbocycles. The third-order valence-corrected chi connectivity index (χ3v) is 3.62. The third kappa shape index (κ3) is 4.34. The molecule has 0 aliphatic heterocycles. The van der Waals surface area contributed by atoms with Crippen molar-refractivity contribution < 1.29 is 9.21 Å². The first-order valence-electron chi connectivity index (χ1n) is 7.07. The monoisotopic (exact) mass is 351 g/mol. The van der Waals surface area contributed by atoms with Gasteiger partial charge >= 0.3 is 0 Å². The fraction of sp³-hybridized carbons (Fsp3) is 0.471. The Balaban J connectivity index is 2.18. The number of benzene rings is 1. The molecule has 1 N–H and O–H groups in total. The van der Waals surface area contributed by atoms with Crippen LogP contribution in [0.1, 0.15) is 51.6 Å². The Kier molecular flexibility index (Phi) is 4.20. The average molecular weight is 352 g/mol. The number of furan rings is 1. The molecule has 2 aromatic rings. The van der Waals surface area contributed by atoms with E-state index in [1.54, 1.807) is 6.07 Å². The maximum Gasteiger partial charge on any atom is 0.287 e. The van der Waals surface area contributed by atoms with E-state index in [2.05, 4.69) is 42.0 Å². The predicted molar refractivity (Wildman–Crippen MR) is 89.5 cm³/mol. The lowest BCUT2D eigenvalue weighted by molar-refractivity contribution is 0.0865. The molecule has 0 bridgehead atoms. The third-order valence-electron chi connectivity index (χ3n) is 3.13. The summed E-state index contributed by atoms with van der Waals surface area (Å²) in [5, 5.41) is 3.99. The van der Waals surface area contributed by atoms with Crippen molar-refractivity contribution in [2.24, 2.45) is 5.41 Å². The van der Waals surface area contributed by atoms with Crippen LogP contribution in [0, 0.1) is 5.41 Å². The number of fused-ring (bicyclic) bond motifs is 1. The summed E-state index contributed by atoms with van der Waals surface area (Å²) < 4.78 is 6.58. The number of halogens is 1. The van der Waals surface area contributed by atoms with Crippen molar-refractivity contribution in [3.63, 3.8) is 0 Å². The summed E-state index contributed by atoms with van der Waals surface area (Å²) in [6.07, 6.45) is 0.886. The molecule has 0 fully saturated rings. The van der Waals surface area contributed by atoms with Crippen LogP contribution in [-0.4, -0.2) is 11.4 Å². The second kappa shape index (κ2) is 5.48. The molecule has 0 saturated heterocycles. The van der Waals surface area contributed by atoms with E-state index >= 15 is 0 Å². The molecule has 0 radical (unpaired) electrons. The van der Waals surface area contributed by atoms with E-state index in [0.717, 1.165) is 16.3 Å². The summed E-state index contributed by atoms with van der Waals surface area (Å²) >= 11 is 3.40. The molecule has 1 aromatic heterocycles. The minimum atomic E-state index is -0.283. The minimum absolute atomic E-state index is 0.148. The van der Waals surface area contributed by atoms with Crippen molar-refractivity contribution in [2.45, 2.75) is 46.6 Å². The number of carbonyl (C=O) groups excluding carboxylic acids is 1. The molecule has 1 heterocycles. The van der Waals surface area contributed by atoms with Crippen LogP contribution in [0.5, 0.6) is 0 Å². The Morgan fingerprint density at radius 3 is 2.48 bits per heavy atom. The van der Waals surface area contributed by atoms with Gasteiger partial charge in [0.2, 0.25) is 0 Å². The van der Waals surface area contributed by atoms with E-state index in [-0.39, 0.29) is 16.9 Å². The van der Waals surface area contributed by atoms with Gasteiger partial charge < -0.3 is 9.73 Å². The van der Waals surface area contributed by atoms with Crippen molar-refractivity contribution in [3.05, 3.63) is 34.5 Å². The molecular weight excluding hydrogens is 330 g/mol. The number of nitrogens with one attached hydrogen (secondary N) is 1. The van der Waals surface area contributed by atoms with E-state index in [9.17, 15) is 4.79 Å². The van der Waals surface area contributed by atoms with Crippen molar-refractivity contribution in [1.82, 2.24) is 5.32 Å². The maximum atomic E-state index is 12.4. The first kappa shape index (κ1) is 16.1. The zero-order chi connectivity index (χ0) is 15.8. The van der Waals surface area contributed by atoms with Crippen molar-refractivity contribution >= 4 is 32.8 Å². The van der Waals surface area contributed by atoms with Crippen LogP contribution in [0.25, 0.3) is 11.0 Å². The molecule has 0 aliphatic carbocycles. The molecular formula is C17H22BrNO2. The molecule has 0 aliphatic rings. The van der Waals surface area contributed by atoms with Crippen LogP contribution >= 0.6 is 15.9 Å². The largest absolute Gasteiger partial charge is 0.451 e. The smallest absolute Gasteiger partial charge is 0.287 e. The highest BCUT2D eigenvalue weighted by Gasteiger charge is 2.28. The van der Waals surface area contributed by atoms with Gasteiger partial charge in [0.25, 0.3) is 5.91 Å². The van der Waals surface area contributed by atoms with Crippen LogP contribution in [0.4, 0.5) is 0 Å². The lowest BCUT2D eigenvalue weighted by atomic mass is 9.82. The van der Waals surface area contributed by atoms with Crippen molar-refractivity contribution in [2.75, 3.05) is 0 Å². The lowest BCUT2D eigenvalue weighted by Crippen LogP contribution is -2.45. The molecule has 114 valence electrons. The zero-order valence-corrected chi connectivity index (χ0v) is 14.8. The summed E-state index contributed by atoms with van der Waals surface area (Å²) in [7, 11) is 0. The van der Waals surface area contributed by atoms with E-state index in [0.29, 0.717) is 11.3 Å². The Labute approximate surface area is 134 Å². The topological polar surface area (TPSA) is 42.2 Å². The number of hydrogen-bond acceptors (Lipinski definition) is 2. The summed E-state index contributed by atoms with van der Waals surface area (Å²) in [4.78, 5) is 12.4. The van der Waals surface area contributed by atoms with Gasteiger partial charge in [0.15, 0.2) is 5.76 Å². The summed E-state index contributed by atoms with van der Waals surface area (Å²) in [6.45, 7) is 10.6. The minimum Gasteiger partial charge on any atom is -0.451 e. The van der Waals surface area contributed by atoms with Crippen molar-refractivity contribution in [1.29, 1.82) is 0 Å². The first-order valence-corrected chi connectivity index (χ1v) is 7.87. The van der Waals surface area contributed by atoms with Gasteiger partial charge in [0.05, 0.1) is 0 Å². The molecule has 4 heteroatoms. The summed E-state index contributed by atoms with van der Waals surface area (Å²) in [5.41, 5.74) is 0.577. The van der Waals surface area contributed by atoms with Gasteiger partial charge in [-0.1, -0.05) is 36.7 Å². The van der Waals surface area contributed by atoms with Crippen LogP contribution in [0.3, 0.4) is 0 Å². The molecule has 1 aromatic carbocycles. The molecule has 0 atom stereocenters. The Bertz CT molecular complexity index is 665. The Morgan fingerprint density at radius 1 is 1.19 bits per heavy atom. The van der Waals surface area contributed by atoms with Crippen LogP contribution in [-0.2, 0) is 0 Å². The molecule has 21 heavy (non-hydrogen) atoms. The molecule has 1 amide bonds. The second-order valence-corrected chi connectivity index (χ2v) is 8.28. The number of rotatable bonds is 3. The first-order chi connectivity index (χ1) is 9.56. The van der Waals surface area contributed by atoms with E-state index < -0.39 is 0 Å². The molecule has 2 rings (SSSR count). The van der Waals surface area contributed by atoms with Crippen LogP contribution < -0.4 is 5.32 Å². The van der Waals surface area contributed by atoms with Gasteiger partial charge in [-0.3, -0.25) is 4.79 Å². The number of hydrogen-bond donors (Lipinski definition) is 1. The highest BCUT2D eigenvalue weighted by atomic mass is 79.9. The molecule has 3 nitrogen and oxygen atoms in total. The fourth-order valence-corrected chi connectivity index (χ4v) is 3.20. The predicted octanol–water partition coefficient (Wildman–Crippen LogP) is 5.14. The normalized spacial score (nSPS) is 12.7. The fourth-order valence-electron chi connectivity index (χ4n) is 2.86. The quantitative estimate of drug-likeness (QED) is 0.831. The molecule has 0 spiro atoms. The van der Waals surface area contributed by atoms with Crippen molar-refractivity contribution in [3.8, 4) is 0 Å². The highest BCUT2D eigenvalue weighted by molar-refractivity contribution is 9.10. The SMILES string of the molecule is CC(C)(C)CC(C)(C)NC(=O)c1cc2ccc(Br)cc2o1. The van der Waals surface area contributed by atoms with E-state index in [1.807, 2.05) is 32.0 Å². The lowest BCUT2D eigenvalue weighted by Gasteiger charge is -2.33. The maximum absolute atomic E-state index is 12.4. The average Bonchev–Trinajstić information content (AvgIpc) is 2.67. The summed E-state index contributed by atoms with van der Waals surface area (Å²) in [5.74, 6) is 0.182. The zero-order valence-electron chi connectivity index (χ0n) is 13.2. The Hall–Kier alpha value is -1.29. The number of carbonyl (C=O) groups is 1. The Morgan fingerprint density at radius 2 is 1.86 bits per heavy atom. The van der Waals surface area contributed by atoms with Crippen LogP contribution in [0.15, 0.2) is 33.2 Å². The summed E-state index contributed by atoms with van der Waals surface area (Å²) in [6, 6.07) is 7.51. The highest BCUT2D eigenvalue weighted by Crippen LogP contribution is 2.28. The van der Waals surface area contributed by atoms with Crippen LogP contribution in [0.2, 0.25) is 0 Å². The standard InChI is InChI=1S/C17H22BrNO2/c1-16(2,3)10-17(4,5)19-15(20)14-8-11-6-7-12(18)9-13(11)21-14/h6-9H,10H2,1-5H3,(H,19,20). The van der Waals surface area contributed by atoms with Gasteiger partial charge in [-0.05, 0) is 49.9 Å². The van der Waals surface area contributed by atoms with Gasteiger partial charge in [-0.2, -0.15) is 0 Å². The van der Waals surface area contributed by atoms with E-state index in [4.69, 9.17) is 4.42 Å². The number of amides is 1.